The van der Waals surface area contributed by atoms with E-state index in [2.05, 4.69) is 0 Å². The first-order chi connectivity index (χ1) is 8.49. The maximum absolute atomic E-state index is 12.2. The van der Waals surface area contributed by atoms with E-state index in [4.69, 9.17) is 0 Å². The number of aromatic hydroxyl groups is 2. The number of ketones is 1. The number of halogens is 2. The van der Waals surface area contributed by atoms with Crippen molar-refractivity contribution in [2.45, 2.75) is 0 Å². The maximum atomic E-state index is 12.2. The van der Waals surface area contributed by atoms with Crippen LogP contribution in [0, 0.1) is 7.14 Å². The first-order valence-corrected chi connectivity index (χ1v) is 7.16. The monoisotopic (exact) mass is 466 g/mol. The minimum absolute atomic E-state index is 0.133. The Morgan fingerprint density at radius 2 is 1.22 bits per heavy atom. The van der Waals surface area contributed by atoms with Gasteiger partial charge in [0.2, 0.25) is 0 Å². The summed E-state index contributed by atoms with van der Waals surface area (Å²) < 4.78 is 1.26. The standard InChI is InChI=1S/C13H8I2O3/c14-9-5-7(1-3-11(9)16)13(18)8-2-4-12(17)10(15)6-8/h1-6,16-17H. The normalized spacial score (nSPS) is 10.3. The predicted octanol–water partition coefficient (Wildman–Crippen LogP) is 3.54. The van der Waals surface area contributed by atoms with Crippen molar-refractivity contribution in [2.75, 3.05) is 0 Å². The van der Waals surface area contributed by atoms with Crippen molar-refractivity contribution in [3.63, 3.8) is 0 Å². The van der Waals surface area contributed by atoms with Crippen molar-refractivity contribution in [1.29, 1.82) is 0 Å². The van der Waals surface area contributed by atoms with Gasteiger partial charge in [-0.2, -0.15) is 0 Å². The zero-order chi connectivity index (χ0) is 13.3. The fraction of sp³-hybridized carbons (Fsp3) is 0. The molecule has 0 amide bonds. The Hall–Kier alpha value is -0.830. The van der Waals surface area contributed by atoms with Crippen LogP contribution in [0.3, 0.4) is 0 Å². The molecule has 0 spiro atoms. The van der Waals surface area contributed by atoms with Crippen LogP contribution in [0.1, 0.15) is 15.9 Å². The SMILES string of the molecule is O=C(c1ccc(O)c(I)c1)c1ccc(O)c(I)c1. The maximum Gasteiger partial charge on any atom is 0.193 e. The van der Waals surface area contributed by atoms with Crippen molar-refractivity contribution in [3.05, 3.63) is 54.7 Å². The first kappa shape index (κ1) is 13.6. The molecule has 0 bridgehead atoms. The zero-order valence-electron chi connectivity index (χ0n) is 9.02. The van der Waals surface area contributed by atoms with Crippen molar-refractivity contribution in [1.82, 2.24) is 0 Å². The number of phenols is 2. The third-order valence-electron chi connectivity index (χ3n) is 2.42. The summed E-state index contributed by atoms with van der Waals surface area (Å²) >= 11 is 3.94. The molecule has 2 aromatic rings. The average molecular weight is 466 g/mol. The molecule has 0 aliphatic rings. The molecule has 2 N–H and O–H groups in total. The van der Waals surface area contributed by atoms with E-state index in [-0.39, 0.29) is 17.3 Å². The molecule has 0 fully saturated rings. The number of carbonyl (C=O) groups is 1. The molecule has 0 aliphatic carbocycles. The molecule has 0 atom stereocenters. The van der Waals surface area contributed by atoms with Crippen LogP contribution in [-0.2, 0) is 0 Å². The molecule has 0 aromatic heterocycles. The van der Waals surface area contributed by atoms with E-state index in [9.17, 15) is 15.0 Å². The average Bonchev–Trinajstić information content (AvgIpc) is 2.35. The Labute approximate surface area is 131 Å². The summed E-state index contributed by atoms with van der Waals surface area (Å²) in [4.78, 5) is 12.2. The van der Waals surface area contributed by atoms with E-state index in [1.165, 1.54) is 12.1 Å². The van der Waals surface area contributed by atoms with E-state index in [1.54, 1.807) is 24.3 Å². The number of phenolic OH excluding ortho intramolecular Hbond substituents is 2. The number of rotatable bonds is 2. The largest absolute Gasteiger partial charge is 0.507 e. The van der Waals surface area contributed by atoms with Crippen LogP contribution in [0.25, 0.3) is 0 Å². The van der Waals surface area contributed by atoms with E-state index >= 15 is 0 Å². The minimum atomic E-state index is -0.133. The molecule has 0 saturated heterocycles. The van der Waals surface area contributed by atoms with Crippen molar-refractivity contribution < 1.29 is 15.0 Å². The molecule has 2 aromatic carbocycles. The molecule has 18 heavy (non-hydrogen) atoms. The van der Waals surface area contributed by atoms with Gasteiger partial charge < -0.3 is 10.2 Å². The van der Waals surface area contributed by atoms with Crippen LogP contribution in [0.4, 0.5) is 0 Å². The van der Waals surface area contributed by atoms with Crippen LogP contribution < -0.4 is 0 Å². The first-order valence-electron chi connectivity index (χ1n) is 5.01. The number of carbonyl (C=O) groups excluding carboxylic acids is 1. The van der Waals surface area contributed by atoms with Crippen LogP contribution in [-0.4, -0.2) is 16.0 Å². The molecule has 2 rings (SSSR count). The lowest BCUT2D eigenvalue weighted by Gasteiger charge is -2.04. The second-order valence-electron chi connectivity index (χ2n) is 3.66. The van der Waals surface area contributed by atoms with Gasteiger partial charge in [0.15, 0.2) is 5.78 Å². The third-order valence-corrected chi connectivity index (χ3v) is 4.15. The topological polar surface area (TPSA) is 57.5 Å². The molecule has 5 heteroatoms. The summed E-state index contributed by atoms with van der Waals surface area (Å²) in [5, 5.41) is 18.8. The highest BCUT2D eigenvalue weighted by Crippen LogP contribution is 2.24. The molecule has 92 valence electrons. The molecule has 0 radical (unpaired) electrons. The van der Waals surface area contributed by atoms with Crippen LogP contribution >= 0.6 is 45.2 Å². The summed E-state index contributed by atoms with van der Waals surface area (Å²) in [7, 11) is 0. The summed E-state index contributed by atoms with van der Waals surface area (Å²) in [6, 6.07) is 9.44. The quantitative estimate of drug-likeness (QED) is 0.527. The summed E-state index contributed by atoms with van der Waals surface area (Å²) in [5.41, 5.74) is 1.03. The Kier molecular flexibility index (Phi) is 4.10. The highest BCUT2D eigenvalue weighted by Gasteiger charge is 2.12. The molecule has 3 nitrogen and oxygen atoms in total. The molecule has 0 saturated carbocycles. The van der Waals surface area contributed by atoms with Crippen LogP contribution in [0.5, 0.6) is 11.5 Å². The number of hydrogen-bond donors (Lipinski definition) is 2. The van der Waals surface area contributed by atoms with Gasteiger partial charge >= 0.3 is 0 Å². The summed E-state index contributed by atoms with van der Waals surface area (Å²) in [6.07, 6.45) is 0. The minimum Gasteiger partial charge on any atom is -0.507 e. The Morgan fingerprint density at radius 1 is 0.833 bits per heavy atom. The lowest BCUT2D eigenvalue weighted by atomic mass is 10.0. The highest BCUT2D eigenvalue weighted by atomic mass is 127. The van der Waals surface area contributed by atoms with Gasteiger partial charge in [0, 0.05) is 11.1 Å². The highest BCUT2D eigenvalue weighted by molar-refractivity contribution is 14.1. The Morgan fingerprint density at radius 3 is 1.56 bits per heavy atom. The van der Waals surface area contributed by atoms with Gasteiger partial charge in [-0.25, -0.2) is 0 Å². The van der Waals surface area contributed by atoms with Gasteiger partial charge in [-0.05, 0) is 81.6 Å². The number of hydrogen-bond acceptors (Lipinski definition) is 3. The lowest BCUT2D eigenvalue weighted by Crippen LogP contribution is -2.01. The number of benzene rings is 2. The fourth-order valence-electron chi connectivity index (χ4n) is 1.46. The molecular weight excluding hydrogens is 458 g/mol. The van der Waals surface area contributed by atoms with Crippen molar-refractivity contribution in [3.8, 4) is 11.5 Å². The summed E-state index contributed by atoms with van der Waals surface area (Å²) in [5.74, 6) is 0.186. The fourth-order valence-corrected chi connectivity index (χ4v) is 2.49. The molecule has 0 unspecified atom stereocenters. The van der Waals surface area contributed by atoms with E-state index in [0.29, 0.717) is 18.3 Å². The van der Waals surface area contributed by atoms with Gasteiger partial charge in [0.05, 0.1) is 7.14 Å². The van der Waals surface area contributed by atoms with E-state index in [0.717, 1.165) is 0 Å². The lowest BCUT2D eigenvalue weighted by molar-refractivity contribution is 0.103. The predicted molar refractivity (Wildman–Crippen MR) is 85.1 cm³/mol. The van der Waals surface area contributed by atoms with Gasteiger partial charge in [-0.15, -0.1) is 0 Å². The van der Waals surface area contributed by atoms with Gasteiger partial charge in [-0.3, -0.25) is 4.79 Å². The molecule has 0 heterocycles. The second kappa shape index (κ2) is 5.43. The smallest absolute Gasteiger partial charge is 0.193 e. The van der Waals surface area contributed by atoms with E-state index < -0.39 is 0 Å². The molecule has 0 aliphatic heterocycles. The Balaban J connectivity index is 2.41. The van der Waals surface area contributed by atoms with Crippen LogP contribution in [0.15, 0.2) is 36.4 Å². The van der Waals surface area contributed by atoms with Crippen molar-refractivity contribution in [2.24, 2.45) is 0 Å². The van der Waals surface area contributed by atoms with Gasteiger partial charge in [0.1, 0.15) is 11.5 Å². The third kappa shape index (κ3) is 2.77. The summed E-state index contributed by atoms with van der Waals surface area (Å²) in [6.45, 7) is 0. The van der Waals surface area contributed by atoms with Crippen LogP contribution in [0.2, 0.25) is 0 Å². The second-order valence-corrected chi connectivity index (χ2v) is 5.99. The van der Waals surface area contributed by atoms with Crippen molar-refractivity contribution >= 4 is 51.0 Å². The molecular formula is C13H8I2O3. The van der Waals surface area contributed by atoms with Gasteiger partial charge in [-0.1, -0.05) is 0 Å². The zero-order valence-corrected chi connectivity index (χ0v) is 13.3. The Bertz CT molecular complexity index is 570. The van der Waals surface area contributed by atoms with Gasteiger partial charge in [0.25, 0.3) is 0 Å². The van der Waals surface area contributed by atoms with E-state index in [1.807, 2.05) is 45.2 Å².